The lowest BCUT2D eigenvalue weighted by Gasteiger charge is -2.09. The van der Waals surface area contributed by atoms with Crippen LogP contribution in [-0.2, 0) is 4.74 Å². The van der Waals surface area contributed by atoms with E-state index in [1.165, 1.54) is 0 Å². The molecule has 0 aliphatic rings. The van der Waals surface area contributed by atoms with Crippen molar-refractivity contribution in [3.05, 3.63) is 59.8 Å². The summed E-state index contributed by atoms with van der Waals surface area (Å²) in [5.74, 6) is 0.265. The standard InChI is InChI=1S/C21H23NO3/c1-14(2)11-12-25-21(24)20-15(3)22(16-7-5-4-6-8-16)19-10-9-17(23)13-18(19)20/h4-10,13-14,23H,11-12H2,1-3H3. The van der Waals surface area contributed by atoms with Crippen molar-refractivity contribution in [2.45, 2.75) is 27.2 Å². The van der Waals surface area contributed by atoms with E-state index in [1.807, 2.05) is 47.9 Å². The third kappa shape index (κ3) is 3.38. The fraction of sp³-hybridized carbons (Fsp3) is 0.286. The normalized spacial score (nSPS) is 11.2. The van der Waals surface area contributed by atoms with Crippen LogP contribution in [0.5, 0.6) is 5.75 Å². The van der Waals surface area contributed by atoms with E-state index in [-0.39, 0.29) is 11.7 Å². The molecule has 3 rings (SSSR count). The van der Waals surface area contributed by atoms with E-state index in [4.69, 9.17) is 4.74 Å². The Morgan fingerprint density at radius 3 is 2.56 bits per heavy atom. The van der Waals surface area contributed by atoms with Crippen LogP contribution in [0.25, 0.3) is 16.6 Å². The quantitative estimate of drug-likeness (QED) is 0.677. The minimum absolute atomic E-state index is 0.133. The third-order valence-electron chi connectivity index (χ3n) is 4.33. The van der Waals surface area contributed by atoms with E-state index in [1.54, 1.807) is 12.1 Å². The highest BCUT2D eigenvalue weighted by molar-refractivity contribution is 6.07. The number of para-hydroxylation sites is 1. The van der Waals surface area contributed by atoms with Gasteiger partial charge in [0.15, 0.2) is 0 Å². The number of fused-ring (bicyclic) bond motifs is 1. The molecule has 0 amide bonds. The second-order valence-electron chi connectivity index (χ2n) is 6.65. The van der Waals surface area contributed by atoms with E-state index < -0.39 is 0 Å². The van der Waals surface area contributed by atoms with Crippen molar-refractivity contribution in [2.75, 3.05) is 6.61 Å². The molecule has 4 heteroatoms. The maximum Gasteiger partial charge on any atom is 0.340 e. The molecule has 1 heterocycles. The summed E-state index contributed by atoms with van der Waals surface area (Å²) >= 11 is 0. The van der Waals surface area contributed by atoms with Gasteiger partial charge in [-0.3, -0.25) is 0 Å². The number of hydrogen-bond acceptors (Lipinski definition) is 3. The van der Waals surface area contributed by atoms with Gasteiger partial charge in [0, 0.05) is 16.8 Å². The molecule has 0 saturated carbocycles. The Labute approximate surface area is 147 Å². The summed E-state index contributed by atoms with van der Waals surface area (Å²) in [5.41, 5.74) is 3.16. The molecule has 0 bridgehead atoms. The number of carbonyl (C=O) groups is 1. The molecule has 2 aromatic carbocycles. The average Bonchev–Trinajstić information content (AvgIpc) is 2.86. The van der Waals surface area contributed by atoms with Gasteiger partial charge in [-0.1, -0.05) is 32.0 Å². The zero-order chi connectivity index (χ0) is 18.0. The molecule has 1 aromatic heterocycles. The number of carbonyl (C=O) groups excluding carboxylic acids is 1. The molecule has 4 nitrogen and oxygen atoms in total. The fourth-order valence-electron chi connectivity index (χ4n) is 3.03. The van der Waals surface area contributed by atoms with Gasteiger partial charge in [-0.05, 0) is 49.6 Å². The molecule has 0 fully saturated rings. The summed E-state index contributed by atoms with van der Waals surface area (Å²) in [6.07, 6.45) is 0.827. The van der Waals surface area contributed by atoms with Gasteiger partial charge in [0.2, 0.25) is 0 Å². The van der Waals surface area contributed by atoms with Crippen molar-refractivity contribution in [2.24, 2.45) is 5.92 Å². The zero-order valence-corrected chi connectivity index (χ0v) is 14.8. The first-order chi connectivity index (χ1) is 12.0. The number of ether oxygens (including phenoxy) is 1. The molecule has 0 aliphatic heterocycles. The first-order valence-corrected chi connectivity index (χ1v) is 8.55. The molecule has 3 aromatic rings. The number of benzene rings is 2. The molecule has 25 heavy (non-hydrogen) atoms. The number of phenolic OH excluding ortho intramolecular Hbond substituents is 1. The maximum absolute atomic E-state index is 12.7. The SMILES string of the molecule is Cc1c(C(=O)OCCC(C)C)c2cc(O)ccc2n1-c1ccccc1. The molecule has 0 radical (unpaired) electrons. The highest BCUT2D eigenvalue weighted by atomic mass is 16.5. The predicted molar refractivity (Wildman–Crippen MR) is 99.4 cm³/mol. The van der Waals surface area contributed by atoms with Crippen LogP contribution in [0.1, 0.15) is 36.3 Å². The van der Waals surface area contributed by atoms with E-state index >= 15 is 0 Å². The van der Waals surface area contributed by atoms with E-state index in [0.717, 1.165) is 23.3 Å². The van der Waals surface area contributed by atoms with Gasteiger partial charge in [0.05, 0.1) is 17.7 Å². The average molecular weight is 337 g/mol. The monoisotopic (exact) mass is 337 g/mol. The van der Waals surface area contributed by atoms with Crippen molar-refractivity contribution in [3.8, 4) is 11.4 Å². The Morgan fingerprint density at radius 1 is 1.16 bits per heavy atom. The van der Waals surface area contributed by atoms with E-state index in [9.17, 15) is 9.90 Å². The number of hydrogen-bond donors (Lipinski definition) is 1. The van der Waals surface area contributed by atoms with Gasteiger partial charge >= 0.3 is 5.97 Å². The van der Waals surface area contributed by atoms with Crippen LogP contribution in [0.2, 0.25) is 0 Å². The number of aromatic nitrogens is 1. The first kappa shape index (κ1) is 17.1. The number of rotatable bonds is 5. The van der Waals surface area contributed by atoms with Crippen molar-refractivity contribution in [3.63, 3.8) is 0 Å². The molecule has 0 atom stereocenters. The second kappa shape index (κ2) is 7.01. The molecule has 0 spiro atoms. The van der Waals surface area contributed by atoms with Gasteiger partial charge in [-0.15, -0.1) is 0 Å². The summed E-state index contributed by atoms with van der Waals surface area (Å²) in [7, 11) is 0. The van der Waals surface area contributed by atoms with Crippen molar-refractivity contribution in [1.82, 2.24) is 4.57 Å². The van der Waals surface area contributed by atoms with Crippen LogP contribution >= 0.6 is 0 Å². The molecule has 1 N–H and O–H groups in total. The topological polar surface area (TPSA) is 51.5 Å². The fourth-order valence-corrected chi connectivity index (χ4v) is 3.03. The maximum atomic E-state index is 12.7. The van der Waals surface area contributed by atoms with Crippen LogP contribution in [0.4, 0.5) is 0 Å². The van der Waals surface area contributed by atoms with Crippen LogP contribution < -0.4 is 0 Å². The number of esters is 1. The molecule has 130 valence electrons. The zero-order valence-electron chi connectivity index (χ0n) is 14.8. The smallest absolute Gasteiger partial charge is 0.340 e. The van der Waals surface area contributed by atoms with Crippen LogP contribution in [0, 0.1) is 12.8 Å². The Morgan fingerprint density at radius 2 is 1.88 bits per heavy atom. The highest BCUT2D eigenvalue weighted by Crippen LogP contribution is 2.32. The first-order valence-electron chi connectivity index (χ1n) is 8.55. The minimum Gasteiger partial charge on any atom is -0.508 e. The second-order valence-corrected chi connectivity index (χ2v) is 6.65. The predicted octanol–water partition coefficient (Wildman–Crippen LogP) is 4.85. The molecular formula is C21H23NO3. The lowest BCUT2D eigenvalue weighted by Crippen LogP contribution is -2.09. The van der Waals surface area contributed by atoms with Crippen LogP contribution in [0.15, 0.2) is 48.5 Å². The van der Waals surface area contributed by atoms with Crippen LogP contribution in [-0.4, -0.2) is 22.2 Å². The Kier molecular flexibility index (Phi) is 4.79. The summed E-state index contributed by atoms with van der Waals surface area (Å²) in [4.78, 5) is 12.7. The lowest BCUT2D eigenvalue weighted by molar-refractivity contribution is 0.0489. The Hall–Kier alpha value is -2.75. The summed E-state index contributed by atoms with van der Waals surface area (Å²) in [5, 5.41) is 10.6. The van der Waals surface area contributed by atoms with Gasteiger partial charge in [0.25, 0.3) is 0 Å². The molecule has 0 aliphatic carbocycles. The van der Waals surface area contributed by atoms with Crippen LogP contribution in [0.3, 0.4) is 0 Å². The number of aromatic hydroxyl groups is 1. The lowest BCUT2D eigenvalue weighted by atomic mass is 10.1. The van der Waals surface area contributed by atoms with E-state index in [2.05, 4.69) is 13.8 Å². The van der Waals surface area contributed by atoms with Crippen molar-refractivity contribution in [1.29, 1.82) is 0 Å². The molecule has 0 unspecified atom stereocenters. The summed E-state index contributed by atoms with van der Waals surface area (Å²) < 4.78 is 7.50. The summed E-state index contributed by atoms with van der Waals surface area (Å²) in [6, 6.07) is 15.0. The van der Waals surface area contributed by atoms with Gasteiger partial charge < -0.3 is 14.4 Å². The molecule has 0 saturated heterocycles. The van der Waals surface area contributed by atoms with E-state index in [0.29, 0.717) is 23.5 Å². The molecular weight excluding hydrogens is 314 g/mol. The van der Waals surface area contributed by atoms with Gasteiger partial charge in [0.1, 0.15) is 5.75 Å². The highest BCUT2D eigenvalue weighted by Gasteiger charge is 2.22. The Balaban J connectivity index is 2.10. The van der Waals surface area contributed by atoms with Gasteiger partial charge in [-0.25, -0.2) is 4.79 Å². The third-order valence-corrected chi connectivity index (χ3v) is 4.33. The van der Waals surface area contributed by atoms with Gasteiger partial charge in [-0.2, -0.15) is 0 Å². The van der Waals surface area contributed by atoms with Crippen molar-refractivity contribution < 1.29 is 14.6 Å². The van der Waals surface area contributed by atoms with Crippen molar-refractivity contribution >= 4 is 16.9 Å². The number of phenols is 1. The largest absolute Gasteiger partial charge is 0.508 e. The minimum atomic E-state index is -0.344. The number of nitrogens with zero attached hydrogens (tertiary/aromatic N) is 1. The summed E-state index contributed by atoms with van der Waals surface area (Å²) in [6.45, 7) is 6.49. The Bertz CT molecular complexity index is 894.